The zero-order valence-corrected chi connectivity index (χ0v) is 11.3. The summed E-state index contributed by atoms with van der Waals surface area (Å²) >= 11 is 0. The quantitative estimate of drug-likeness (QED) is 0.678. The number of rotatable bonds is 2. The van der Waals surface area contributed by atoms with Gasteiger partial charge in [0.25, 0.3) is 5.91 Å². The lowest BCUT2D eigenvalue weighted by atomic mass is 9.99. The second kappa shape index (κ2) is 5.36. The summed E-state index contributed by atoms with van der Waals surface area (Å²) in [6, 6.07) is 12.1. The summed E-state index contributed by atoms with van der Waals surface area (Å²) in [6.45, 7) is 0.608. The zero-order chi connectivity index (χ0) is 14.8. The van der Waals surface area contributed by atoms with Gasteiger partial charge in [-0.25, -0.2) is 0 Å². The minimum Gasteiger partial charge on any atom is -0.507 e. The van der Waals surface area contributed by atoms with Crippen molar-refractivity contribution >= 4 is 11.6 Å². The molecule has 1 aliphatic rings. The van der Waals surface area contributed by atoms with Crippen molar-refractivity contribution in [1.82, 2.24) is 5.32 Å². The molecule has 1 aliphatic heterocycles. The van der Waals surface area contributed by atoms with Crippen LogP contribution in [-0.2, 0) is 6.42 Å². The fourth-order valence-electron chi connectivity index (χ4n) is 2.56. The molecule has 108 valence electrons. The second-order valence-corrected chi connectivity index (χ2v) is 5.08. The number of anilines is 1. The number of hydrogen-bond acceptors (Lipinski definition) is 4. The van der Waals surface area contributed by atoms with E-state index in [1.807, 2.05) is 24.3 Å². The molecule has 1 unspecified atom stereocenters. The van der Waals surface area contributed by atoms with E-state index in [1.54, 1.807) is 0 Å². The highest BCUT2D eigenvalue weighted by atomic mass is 16.3. The standard InChI is InChI=1S/C16H16N2O3/c19-13-6-3-7-14(20)15(13)16(21)18-11-8-10-4-1-2-5-12(10)17-9-11/h1-7,11,17,19-20H,8-9H2,(H,18,21). The molecule has 5 heteroatoms. The van der Waals surface area contributed by atoms with E-state index >= 15 is 0 Å². The van der Waals surface area contributed by atoms with Crippen LogP contribution in [0.25, 0.3) is 0 Å². The van der Waals surface area contributed by atoms with Crippen LogP contribution >= 0.6 is 0 Å². The van der Waals surface area contributed by atoms with E-state index in [0.29, 0.717) is 13.0 Å². The van der Waals surface area contributed by atoms with Crippen molar-refractivity contribution < 1.29 is 15.0 Å². The molecule has 3 rings (SSSR count). The molecule has 0 aromatic heterocycles. The van der Waals surface area contributed by atoms with E-state index < -0.39 is 5.91 Å². The Labute approximate surface area is 122 Å². The van der Waals surface area contributed by atoms with Crippen LogP contribution in [0.3, 0.4) is 0 Å². The number of aromatic hydroxyl groups is 2. The fourth-order valence-corrected chi connectivity index (χ4v) is 2.56. The van der Waals surface area contributed by atoms with Crippen molar-refractivity contribution in [1.29, 1.82) is 0 Å². The van der Waals surface area contributed by atoms with E-state index in [9.17, 15) is 15.0 Å². The Bertz CT molecular complexity index is 665. The van der Waals surface area contributed by atoms with Gasteiger partial charge in [-0.15, -0.1) is 0 Å². The first-order valence-electron chi connectivity index (χ1n) is 6.78. The lowest BCUT2D eigenvalue weighted by Gasteiger charge is -2.27. The van der Waals surface area contributed by atoms with Gasteiger partial charge in [0.1, 0.15) is 17.1 Å². The maximum Gasteiger partial charge on any atom is 0.259 e. The first kappa shape index (κ1) is 13.3. The lowest BCUT2D eigenvalue weighted by molar-refractivity contribution is 0.0933. The van der Waals surface area contributed by atoms with Crippen LogP contribution in [0.1, 0.15) is 15.9 Å². The van der Waals surface area contributed by atoms with Gasteiger partial charge in [-0.05, 0) is 30.2 Å². The first-order chi connectivity index (χ1) is 10.1. The summed E-state index contributed by atoms with van der Waals surface area (Å²) in [4.78, 5) is 12.2. The van der Waals surface area contributed by atoms with E-state index in [1.165, 1.54) is 18.2 Å². The molecule has 21 heavy (non-hydrogen) atoms. The molecular formula is C16H16N2O3. The van der Waals surface area contributed by atoms with Gasteiger partial charge >= 0.3 is 0 Å². The predicted molar refractivity (Wildman–Crippen MR) is 79.7 cm³/mol. The largest absolute Gasteiger partial charge is 0.507 e. The minimum absolute atomic E-state index is 0.0867. The number of para-hydroxylation sites is 1. The molecule has 0 bridgehead atoms. The number of phenolic OH excluding ortho intramolecular Hbond substituents is 2. The second-order valence-electron chi connectivity index (χ2n) is 5.08. The van der Waals surface area contributed by atoms with E-state index in [0.717, 1.165) is 11.3 Å². The van der Waals surface area contributed by atoms with E-state index in [-0.39, 0.29) is 23.1 Å². The van der Waals surface area contributed by atoms with Crippen molar-refractivity contribution in [2.75, 3.05) is 11.9 Å². The monoisotopic (exact) mass is 284 g/mol. The Morgan fingerprint density at radius 3 is 2.57 bits per heavy atom. The Balaban J connectivity index is 1.75. The molecule has 2 aromatic carbocycles. The average Bonchev–Trinajstić information content (AvgIpc) is 2.47. The van der Waals surface area contributed by atoms with Gasteiger partial charge in [-0.2, -0.15) is 0 Å². The third-order valence-corrected chi connectivity index (χ3v) is 3.61. The predicted octanol–water partition coefficient (Wildman–Crippen LogP) is 1.86. The number of nitrogens with one attached hydrogen (secondary N) is 2. The Kier molecular flexibility index (Phi) is 3.39. The SMILES string of the molecule is O=C(NC1CNc2ccccc2C1)c1c(O)cccc1O. The van der Waals surface area contributed by atoms with Crippen LogP contribution in [0.4, 0.5) is 5.69 Å². The number of hydrogen-bond donors (Lipinski definition) is 4. The van der Waals surface area contributed by atoms with Crippen LogP contribution in [0, 0.1) is 0 Å². The van der Waals surface area contributed by atoms with Gasteiger partial charge < -0.3 is 20.8 Å². The van der Waals surface area contributed by atoms with E-state index in [2.05, 4.69) is 10.6 Å². The Morgan fingerprint density at radius 2 is 1.81 bits per heavy atom. The maximum absolute atomic E-state index is 12.2. The van der Waals surface area contributed by atoms with Gasteiger partial charge in [0.05, 0.1) is 6.04 Å². The first-order valence-corrected chi connectivity index (χ1v) is 6.78. The van der Waals surface area contributed by atoms with Crippen molar-refractivity contribution in [3.8, 4) is 11.5 Å². The molecule has 0 fully saturated rings. The Morgan fingerprint density at radius 1 is 1.10 bits per heavy atom. The average molecular weight is 284 g/mol. The maximum atomic E-state index is 12.2. The Hall–Kier alpha value is -2.69. The van der Waals surface area contributed by atoms with Crippen LogP contribution in [0.15, 0.2) is 42.5 Å². The summed E-state index contributed by atoms with van der Waals surface area (Å²) in [5.41, 5.74) is 2.13. The summed E-state index contributed by atoms with van der Waals surface area (Å²) in [6.07, 6.45) is 0.712. The highest BCUT2D eigenvalue weighted by Gasteiger charge is 2.23. The molecule has 0 saturated carbocycles. The number of carbonyl (C=O) groups excluding carboxylic acids is 1. The van der Waals surface area contributed by atoms with Crippen LogP contribution in [0.2, 0.25) is 0 Å². The minimum atomic E-state index is -0.475. The molecule has 1 heterocycles. The van der Waals surface area contributed by atoms with Crippen LogP contribution in [-0.4, -0.2) is 28.7 Å². The van der Waals surface area contributed by atoms with Crippen molar-refractivity contribution in [2.45, 2.75) is 12.5 Å². The van der Waals surface area contributed by atoms with Crippen LogP contribution in [0.5, 0.6) is 11.5 Å². The molecule has 5 nitrogen and oxygen atoms in total. The van der Waals surface area contributed by atoms with Crippen molar-refractivity contribution in [2.24, 2.45) is 0 Å². The van der Waals surface area contributed by atoms with Crippen molar-refractivity contribution in [3.63, 3.8) is 0 Å². The molecule has 0 spiro atoms. The molecule has 4 N–H and O–H groups in total. The highest BCUT2D eigenvalue weighted by Crippen LogP contribution is 2.27. The summed E-state index contributed by atoms with van der Waals surface area (Å²) in [7, 11) is 0. The third-order valence-electron chi connectivity index (χ3n) is 3.61. The van der Waals surface area contributed by atoms with Gasteiger partial charge in [-0.1, -0.05) is 24.3 Å². The summed E-state index contributed by atoms with van der Waals surface area (Å²) in [5.74, 6) is -0.926. The molecule has 1 amide bonds. The van der Waals surface area contributed by atoms with Gasteiger partial charge in [0.15, 0.2) is 0 Å². The number of benzene rings is 2. The number of fused-ring (bicyclic) bond motifs is 1. The lowest BCUT2D eigenvalue weighted by Crippen LogP contribution is -2.43. The fraction of sp³-hybridized carbons (Fsp3) is 0.188. The van der Waals surface area contributed by atoms with Crippen molar-refractivity contribution in [3.05, 3.63) is 53.6 Å². The van der Waals surface area contributed by atoms with Gasteiger partial charge in [0, 0.05) is 12.2 Å². The van der Waals surface area contributed by atoms with E-state index in [4.69, 9.17) is 0 Å². The number of carbonyl (C=O) groups is 1. The molecule has 0 saturated heterocycles. The third kappa shape index (κ3) is 2.63. The molecule has 0 aliphatic carbocycles. The molecule has 0 radical (unpaired) electrons. The summed E-state index contributed by atoms with van der Waals surface area (Å²) in [5, 5.41) is 25.5. The summed E-state index contributed by atoms with van der Waals surface area (Å²) < 4.78 is 0. The molecule has 2 aromatic rings. The number of amides is 1. The highest BCUT2D eigenvalue weighted by molar-refractivity contribution is 5.99. The number of phenols is 2. The van der Waals surface area contributed by atoms with Gasteiger partial charge in [-0.3, -0.25) is 4.79 Å². The normalized spacial score (nSPS) is 16.7. The molecule has 1 atom stereocenters. The zero-order valence-electron chi connectivity index (χ0n) is 11.3. The van der Waals surface area contributed by atoms with Gasteiger partial charge in [0.2, 0.25) is 0 Å². The topological polar surface area (TPSA) is 81.6 Å². The smallest absolute Gasteiger partial charge is 0.259 e. The molecular weight excluding hydrogens is 268 g/mol. The van der Waals surface area contributed by atoms with Crippen LogP contribution < -0.4 is 10.6 Å².